The number of hydrogen-bond acceptors (Lipinski definition) is 3. The summed E-state index contributed by atoms with van der Waals surface area (Å²) in [5.41, 5.74) is 6.53. The van der Waals surface area contributed by atoms with Crippen molar-refractivity contribution in [3.8, 4) is 6.07 Å². The number of benzene rings is 1. The first kappa shape index (κ1) is 10.9. The monoisotopic (exact) mass is 219 g/mol. The van der Waals surface area contributed by atoms with Gasteiger partial charge < -0.3 is 11.1 Å². The molecule has 0 amide bonds. The molecule has 2 unspecified atom stereocenters. The Morgan fingerprint density at radius 3 is 2.88 bits per heavy atom. The number of halogens is 1. The second-order valence-electron chi connectivity index (χ2n) is 4.12. The van der Waals surface area contributed by atoms with E-state index in [4.69, 9.17) is 11.0 Å². The highest BCUT2D eigenvalue weighted by molar-refractivity contribution is 5.58. The van der Waals surface area contributed by atoms with Gasteiger partial charge in [0, 0.05) is 12.1 Å². The molecule has 0 spiro atoms. The van der Waals surface area contributed by atoms with Crippen molar-refractivity contribution in [1.29, 1.82) is 5.26 Å². The van der Waals surface area contributed by atoms with E-state index in [2.05, 4.69) is 5.32 Å². The van der Waals surface area contributed by atoms with Crippen LogP contribution in [0, 0.1) is 17.1 Å². The highest BCUT2D eigenvalue weighted by Crippen LogP contribution is 2.24. The molecule has 0 heterocycles. The molecule has 2 rings (SSSR count). The molecule has 0 radical (unpaired) electrons. The van der Waals surface area contributed by atoms with Gasteiger partial charge in [0.25, 0.3) is 0 Å². The summed E-state index contributed by atoms with van der Waals surface area (Å²) in [5.74, 6) is -0.487. The van der Waals surface area contributed by atoms with Gasteiger partial charge in [-0.25, -0.2) is 4.39 Å². The third-order valence-electron chi connectivity index (χ3n) is 3.04. The van der Waals surface area contributed by atoms with E-state index in [0.29, 0.717) is 5.69 Å². The largest absolute Gasteiger partial charge is 0.380 e. The first-order valence-electron chi connectivity index (χ1n) is 5.43. The maximum Gasteiger partial charge on any atom is 0.143 e. The standard InChI is InChI=1S/C12H14FN3/c13-9-3-1-5-11(8(9)7-14)16-12-6-2-4-10(12)15/h1,3,5,10,12,16H,2,4,6,15H2. The van der Waals surface area contributed by atoms with Crippen molar-refractivity contribution in [1.82, 2.24) is 0 Å². The molecule has 3 N–H and O–H groups in total. The lowest BCUT2D eigenvalue weighted by atomic mass is 10.1. The number of nitrogens with zero attached hydrogens (tertiary/aromatic N) is 1. The Balaban J connectivity index is 2.21. The summed E-state index contributed by atoms with van der Waals surface area (Å²) in [7, 11) is 0. The summed E-state index contributed by atoms with van der Waals surface area (Å²) in [4.78, 5) is 0. The first-order chi connectivity index (χ1) is 7.72. The van der Waals surface area contributed by atoms with Crippen LogP contribution in [0.3, 0.4) is 0 Å². The predicted molar refractivity (Wildman–Crippen MR) is 60.4 cm³/mol. The lowest BCUT2D eigenvalue weighted by Gasteiger charge is -2.19. The van der Waals surface area contributed by atoms with Gasteiger partial charge >= 0.3 is 0 Å². The Morgan fingerprint density at radius 1 is 1.44 bits per heavy atom. The number of hydrogen-bond donors (Lipinski definition) is 2. The second kappa shape index (κ2) is 4.50. The normalized spacial score (nSPS) is 24.1. The van der Waals surface area contributed by atoms with E-state index in [1.165, 1.54) is 6.07 Å². The van der Waals surface area contributed by atoms with Gasteiger partial charge in [0.15, 0.2) is 0 Å². The van der Waals surface area contributed by atoms with Crippen molar-refractivity contribution in [3.05, 3.63) is 29.6 Å². The Bertz CT molecular complexity index is 425. The fourth-order valence-corrected chi connectivity index (χ4v) is 2.13. The Kier molecular flexibility index (Phi) is 3.07. The van der Waals surface area contributed by atoms with Crippen molar-refractivity contribution in [3.63, 3.8) is 0 Å². The third-order valence-corrected chi connectivity index (χ3v) is 3.04. The quantitative estimate of drug-likeness (QED) is 0.799. The molecule has 84 valence electrons. The molecule has 1 aliphatic carbocycles. The first-order valence-corrected chi connectivity index (χ1v) is 5.43. The summed E-state index contributed by atoms with van der Waals surface area (Å²) in [5, 5.41) is 12.0. The van der Waals surface area contributed by atoms with Crippen molar-refractivity contribution in [2.24, 2.45) is 5.73 Å². The Labute approximate surface area is 94.1 Å². The second-order valence-corrected chi connectivity index (χ2v) is 4.12. The molecule has 0 aliphatic heterocycles. The van der Waals surface area contributed by atoms with Gasteiger partial charge in [-0.2, -0.15) is 5.26 Å². The van der Waals surface area contributed by atoms with Gasteiger partial charge in [-0.3, -0.25) is 0 Å². The fourth-order valence-electron chi connectivity index (χ4n) is 2.13. The molecule has 0 saturated heterocycles. The molecular weight excluding hydrogens is 205 g/mol. The van der Waals surface area contributed by atoms with Crippen molar-refractivity contribution < 1.29 is 4.39 Å². The van der Waals surface area contributed by atoms with Crippen LogP contribution >= 0.6 is 0 Å². The summed E-state index contributed by atoms with van der Waals surface area (Å²) >= 11 is 0. The van der Waals surface area contributed by atoms with E-state index in [-0.39, 0.29) is 17.6 Å². The summed E-state index contributed by atoms with van der Waals surface area (Å²) in [6.45, 7) is 0. The van der Waals surface area contributed by atoms with E-state index in [0.717, 1.165) is 19.3 Å². The summed E-state index contributed by atoms with van der Waals surface area (Å²) in [6.07, 6.45) is 3.04. The van der Waals surface area contributed by atoms with Crippen LogP contribution in [0.2, 0.25) is 0 Å². The lowest BCUT2D eigenvalue weighted by molar-refractivity contribution is 0.618. The van der Waals surface area contributed by atoms with E-state index >= 15 is 0 Å². The molecule has 1 aliphatic rings. The highest BCUT2D eigenvalue weighted by atomic mass is 19.1. The van der Waals surface area contributed by atoms with Gasteiger partial charge in [0.2, 0.25) is 0 Å². The van der Waals surface area contributed by atoms with Gasteiger partial charge in [0.05, 0.1) is 5.69 Å². The Morgan fingerprint density at radius 2 is 2.25 bits per heavy atom. The minimum atomic E-state index is -0.487. The van der Waals surface area contributed by atoms with Gasteiger partial charge in [-0.1, -0.05) is 6.07 Å². The molecule has 0 aromatic heterocycles. The topological polar surface area (TPSA) is 61.8 Å². The molecule has 1 fully saturated rings. The van der Waals surface area contributed by atoms with Crippen LogP contribution in [0.1, 0.15) is 24.8 Å². The SMILES string of the molecule is N#Cc1c(F)cccc1NC1CCCC1N. The molecule has 1 aromatic rings. The molecule has 4 heteroatoms. The molecule has 16 heavy (non-hydrogen) atoms. The molecule has 3 nitrogen and oxygen atoms in total. The number of nitrogens with two attached hydrogens (primary N) is 1. The average molecular weight is 219 g/mol. The van der Waals surface area contributed by atoms with Gasteiger partial charge in [-0.05, 0) is 31.4 Å². The zero-order valence-corrected chi connectivity index (χ0v) is 8.91. The van der Waals surface area contributed by atoms with E-state index in [1.54, 1.807) is 12.1 Å². The van der Waals surface area contributed by atoms with Crippen LogP contribution in [0.4, 0.5) is 10.1 Å². The molecule has 1 aromatic carbocycles. The summed E-state index contributed by atoms with van der Waals surface area (Å²) in [6, 6.07) is 6.72. The van der Waals surface area contributed by atoms with Crippen LogP contribution in [0.5, 0.6) is 0 Å². The lowest BCUT2D eigenvalue weighted by Crippen LogP contribution is -2.35. The van der Waals surface area contributed by atoms with E-state index in [9.17, 15) is 4.39 Å². The smallest absolute Gasteiger partial charge is 0.143 e. The van der Waals surface area contributed by atoms with Crippen LogP contribution in [-0.4, -0.2) is 12.1 Å². The predicted octanol–water partition coefficient (Wildman–Crippen LogP) is 1.99. The van der Waals surface area contributed by atoms with E-state index in [1.807, 2.05) is 6.07 Å². The van der Waals surface area contributed by atoms with Gasteiger partial charge in [-0.15, -0.1) is 0 Å². The zero-order valence-electron chi connectivity index (χ0n) is 8.91. The molecule has 0 bridgehead atoms. The molecule has 2 atom stereocenters. The minimum Gasteiger partial charge on any atom is -0.380 e. The Hall–Kier alpha value is -1.60. The zero-order chi connectivity index (χ0) is 11.5. The minimum absolute atomic E-state index is 0.0709. The maximum absolute atomic E-state index is 13.3. The van der Waals surface area contributed by atoms with Crippen LogP contribution in [0.15, 0.2) is 18.2 Å². The van der Waals surface area contributed by atoms with Crippen LogP contribution < -0.4 is 11.1 Å². The van der Waals surface area contributed by atoms with Crippen LogP contribution in [-0.2, 0) is 0 Å². The average Bonchev–Trinajstić information content (AvgIpc) is 2.65. The van der Waals surface area contributed by atoms with Crippen molar-refractivity contribution in [2.45, 2.75) is 31.3 Å². The van der Waals surface area contributed by atoms with E-state index < -0.39 is 5.82 Å². The number of anilines is 1. The number of rotatable bonds is 2. The van der Waals surface area contributed by atoms with Crippen LogP contribution in [0.25, 0.3) is 0 Å². The summed E-state index contributed by atoms with van der Waals surface area (Å²) < 4.78 is 13.3. The molecular formula is C12H14FN3. The van der Waals surface area contributed by atoms with Gasteiger partial charge in [0.1, 0.15) is 17.4 Å². The molecule has 1 saturated carbocycles. The van der Waals surface area contributed by atoms with Crippen molar-refractivity contribution >= 4 is 5.69 Å². The number of nitriles is 1. The third kappa shape index (κ3) is 2.00. The highest BCUT2D eigenvalue weighted by Gasteiger charge is 2.24. The number of nitrogens with one attached hydrogen (secondary N) is 1. The van der Waals surface area contributed by atoms with Crippen molar-refractivity contribution in [2.75, 3.05) is 5.32 Å². The fraction of sp³-hybridized carbons (Fsp3) is 0.417. The maximum atomic E-state index is 13.3.